The second kappa shape index (κ2) is 10.7. The molecule has 2 aromatic rings. The molecule has 0 aliphatic carbocycles. The third-order valence-corrected chi connectivity index (χ3v) is 4.35. The fraction of sp³-hybridized carbons (Fsp3) is 0.455. The summed E-state index contributed by atoms with van der Waals surface area (Å²) >= 11 is 0. The van der Waals surface area contributed by atoms with Crippen LogP contribution in [0.3, 0.4) is 0 Å². The van der Waals surface area contributed by atoms with Crippen LogP contribution < -0.4 is 9.64 Å². The van der Waals surface area contributed by atoms with Crippen LogP contribution in [0.1, 0.15) is 52.4 Å². The first-order chi connectivity index (χ1) is 12.3. The van der Waals surface area contributed by atoms with Crippen molar-refractivity contribution in [2.24, 2.45) is 0 Å². The molecule has 0 unspecified atom stereocenters. The Morgan fingerprint density at radius 2 is 1.32 bits per heavy atom. The van der Waals surface area contributed by atoms with Gasteiger partial charge in [-0.05, 0) is 37.1 Å². The van der Waals surface area contributed by atoms with E-state index in [4.69, 9.17) is 4.74 Å². The SMILES string of the molecule is CCCCCN(CCCCC)c1ccccc1Oc1ccccc1O. The standard InChI is InChI=1S/C22H31NO2/c1-3-5-11-17-23(18-12-6-4-2)19-13-7-9-15-21(19)25-22-16-10-8-14-20(22)24/h7-10,13-16,24H,3-6,11-12,17-18H2,1-2H3. The van der Waals surface area contributed by atoms with Crippen molar-refractivity contribution >= 4 is 5.69 Å². The Hall–Kier alpha value is -2.16. The van der Waals surface area contributed by atoms with Crippen molar-refractivity contribution in [1.82, 2.24) is 0 Å². The quantitative estimate of drug-likeness (QED) is 0.482. The van der Waals surface area contributed by atoms with Crippen LogP contribution in [0, 0.1) is 0 Å². The van der Waals surface area contributed by atoms with E-state index in [2.05, 4.69) is 30.9 Å². The van der Waals surface area contributed by atoms with Crippen LogP contribution in [-0.4, -0.2) is 18.2 Å². The molecule has 0 amide bonds. The first-order valence-corrected chi connectivity index (χ1v) is 9.56. The summed E-state index contributed by atoms with van der Waals surface area (Å²) in [5, 5.41) is 10.0. The Kier molecular flexibility index (Phi) is 8.17. The van der Waals surface area contributed by atoms with Gasteiger partial charge in [0.2, 0.25) is 0 Å². The van der Waals surface area contributed by atoms with Gasteiger partial charge >= 0.3 is 0 Å². The van der Waals surface area contributed by atoms with Crippen LogP contribution in [0.15, 0.2) is 48.5 Å². The molecule has 0 heterocycles. The minimum atomic E-state index is 0.167. The average molecular weight is 341 g/mol. The Morgan fingerprint density at radius 3 is 1.92 bits per heavy atom. The summed E-state index contributed by atoms with van der Waals surface area (Å²) < 4.78 is 6.04. The van der Waals surface area contributed by atoms with E-state index >= 15 is 0 Å². The third kappa shape index (κ3) is 6.00. The topological polar surface area (TPSA) is 32.7 Å². The summed E-state index contributed by atoms with van der Waals surface area (Å²) in [5.41, 5.74) is 1.11. The van der Waals surface area contributed by atoms with Gasteiger partial charge in [0.1, 0.15) is 0 Å². The van der Waals surface area contributed by atoms with Gasteiger partial charge in [0.25, 0.3) is 0 Å². The van der Waals surface area contributed by atoms with Crippen LogP contribution in [0.25, 0.3) is 0 Å². The predicted molar refractivity (Wildman–Crippen MR) is 106 cm³/mol. The lowest BCUT2D eigenvalue weighted by atomic mass is 10.2. The number of benzene rings is 2. The van der Waals surface area contributed by atoms with E-state index in [0.717, 1.165) is 24.5 Å². The number of anilines is 1. The number of unbranched alkanes of at least 4 members (excludes halogenated alkanes) is 4. The van der Waals surface area contributed by atoms with Crippen molar-refractivity contribution in [1.29, 1.82) is 0 Å². The number of aromatic hydroxyl groups is 1. The van der Waals surface area contributed by atoms with Gasteiger partial charge < -0.3 is 14.7 Å². The first-order valence-electron chi connectivity index (χ1n) is 9.56. The zero-order valence-electron chi connectivity index (χ0n) is 15.6. The molecule has 0 atom stereocenters. The van der Waals surface area contributed by atoms with Crippen LogP contribution in [0.2, 0.25) is 0 Å². The number of phenols is 1. The molecule has 0 fully saturated rings. The van der Waals surface area contributed by atoms with E-state index in [1.807, 2.05) is 18.2 Å². The van der Waals surface area contributed by atoms with Crippen molar-refractivity contribution in [3.05, 3.63) is 48.5 Å². The maximum Gasteiger partial charge on any atom is 0.169 e. The molecule has 25 heavy (non-hydrogen) atoms. The Balaban J connectivity index is 2.19. The van der Waals surface area contributed by atoms with E-state index in [0.29, 0.717) is 5.75 Å². The van der Waals surface area contributed by atoms with Crippen LogP contribution in [-0.2, 0) is 0 Å². The lowest BCUT2D eigenvalue weighted by Gasteiger charge is -2.27. The smallest absolute Gasteiger partial charge is 0.169 e. The highest BCUT2D eigenvalue weighted by Crippen LogP contribution is 2.36. The number of rotatable bonds is 11. The second-order valence-electron chi connectivity index (χ2n) is 6.44. The fourth-order valence-corrected chi connectivity index (χ4v) is 2.92. The molecule has 0 saturated carbocycles. The van der Waals surface area contributed by atoms with E-state index in [1.54, 1.807) is 18.2 Å². The molecule has 1 N–H and O–H groups in total. The summed E-state index contributed by atoms with van der Waals surface area (Å²) in [6.07, 6.45) is 7.30. The second-order valence-corrected chi connectivity index (χ2v) is 6.44. The molecule has 2 aromatic carbocycles. The average Bonchev–Trinajstić information content (AvgIpc) is 2.63. The Morgan fingerprint density at radius 1 is 0.760 bits per heavy atom. The Labute approximate surface area is 152 Å². The zero-order valence-corrected chi connectivity index (χ0v) is 15.6. The number of hydrogen-bond acceptors (Lipinski definition) is 3. The number of hydrogen-bond donors (Lipinski definition) is 1. The van der Waals surface area contributed by atoms with E-state index < -0.39 is 0 Å². The normalized spacial score (nSPS) is 10.6. The summed E-state index contributed by atoms with van der Waals surface area (Å²) in [5.74, 6) is 1.47. The van der Waals surface area contributed by atoms with Gasteiger partial charge in [-0.3, -0.25) is 0 Å². The van der Waals surface area contributed by atoms with Crippen LogP contribution >= 0.6 is 0 Å². The van der Waals surface area contributed by atoms with E-state index in [1.165, 1.54) is 38.5 Å². The number of nitrogens with zero attached hydrogens (tertiary/aromatic N) is 1. The minimum absolute atomic E-state index is 0.167. The predicted octanol–water partition coefficient (Wildman–Crippen LogP) is 6.37. The highest BCUT2D eigenvalue weighted by Gasteiger charge is 2.13. The summed E-state index contributed by atoms with van der Waals surface area (Å²) in [6, 6.07) is 15.3. The summed E-state index contributed by atoms with van der Waals surface area (Å²) in [4.78, 5) is 2.43. The molecule has 0 aromatic heterocycles. The van der Waals surface area contributed by atoms with E-state index in [-0.39, 0.29) is 5.75 Å². The lowest BCUT2D eigenvalue weighted by molar-refractivity contribution is 0.411. The van der Waals surface area contributed by atoms with Gasteiger partial charge in [-0.15, -0.1) is 0 Å². The van der Waals surface area contributed by atoms with Gasteiger partial charge in [0.15, 0.2) is 17.2 Å². The molecule has 0 spiro atoms. The van der Waals surface area contributed by atoms with Crippen molar-refractivity contribution in [2.75, 3.05) is 18.0 Å². The number of para-hydroxylation sites is 4. The first kappa shape index (κ1) is 19.2. The molecular weight excluding hydrogens is 310 g/mol. The molecule has 0 aliphatic rings. The molecule has 136 valence electrons. The van der Waals surface area contributed by atoms with Gasteiger partial charge in [0, 0.05) is 13.1 Å². The highest BCUT2D eigenvalue weighted by atomic mass is 16.5. The van der Waals surface area contributed by atoms with Gasteiger partial charge in [-0.1, -0.05) is 63.8 Å². The molecule has 0 bridgehead atoms. The molecule has 0 radical (unpaired) electrons. The molecule has 3 heteroatoms. The number of ether oxygens (including phenoxy) is 1. The maximum absolute atomic E-state index is 10.0. The molecule has 0 aliphatic heterocycles. The van der Waals surface area contributed by atoms with Crippen molar-refractivity contribution in [3.63, 3.8) is 0 Å². The summed E-state index contributed by atoms with van der Waals surface area (Å²) in [6.45, 7) is 6.55. The van der Waals surface area contributed by atoms with E-state index in [9.17, 15) is 5.11 Å². The monoisotopic (exact) mass is 341 g/mol. The van der Waals surface area contributed by atoms with Gasteiger partial charge in [-0.25, -0.2) is 0 Å². The fourth-order valence-electron chi connectivity index (χ4n) is 2.92. The molecule has 0 saturated heterocycles. The summed E-state index contributed by atoms with van der Waals surface area (Å²) in [7, 11) is 0. The van der Waals surface area contributed by atoms with Crippen LogP contribution in [0.5, 0.6) is 17.2 Å². The zero-order chi connectivity index (χ0) is 17.9. The molecule has 2 rings (SSSR count). The van der Waals surface area contributed by atoms with Crippen LogP contribution in [0.4, 0.5) is 5.69 Å². The lowest BCUT2D eigenvalue weighted by Crippen LogP contribution is -2.26. The van der Waals surface area contributed by atoms with Crippen molar-refractivity contribution in [3.8, 4) is 17.2 Å². The van der Waals surface area contributed by atoms with Gasteiger partial charge in [-0.2, -0.15) is 0 Å². The van der Waals surface area contributed by atoms with Crippen molar-refractivity contribution < 1.29 is 9.84 Å². The van der Waals surface area contributed by atoms with Gasteiger partial charge in [0.05, 0.1) is 5.69 Å². The maximum atomic E-state index is 10.0. The molecular formula is C22H31NO2. The largest absolute Gasteiger partial charge is 0.504 e. The molecule has 3 nitrogen and oxygen atoms in total. The number of phenolic OH excluding ortho intramolecular Hbond substituents is 1. The van der Waals surface area contributed by atoms with Crippen molar-refractivity contribution in [2.45, 2.75) is 52.4 Å². The third-order valence-electron chi connectivity index (χ3n) is 4.35. The minimum Gasteiger partial charge on any atom is -0.504 e. The highest BCUT2D eigenvalue weighted by molar-refractivity contribution is 5.60. The Bertz CT molecular complexity index is 617.